The van der Waals surface area contributed by atoms with Crippen LogP contribution in [0.25, 0.3) is 0 Å². The number of nitrogens with one attached hydrogen (secondary N) is 1. The minimum absolute atomic E-state index is 0.109. The highest BCUT2D eigenvalue weighted by atomic mass is 16.5. The smallest absolute Gasteiger partial charge is 0.252 e. The average Bonchev–Trinajstić information content (AvgIpc) is 2.86. The molecule has 6 heteroatoms. The molecule has 1 saturated heterocycles. The second-order valence-electron chi connectivity index (χ2n) is 5.26. The van der Waals surface area contributed by atoms with Gasteiger partial charge in [0.1, 0.15) is 12.2 Å². The van der Waals surface area contributed by atoms with E-state index in [4.69, 9.17) is 14.0 Å². The van der Waals surface area contributed by atoms with Gasteiger partial charge in [-0.2, -0.15) is 4.98 Å². The first-order valence-electron chi connectivity index (χ1n) is 6.80. The standard InChI is InChI=1S/C13H23N3O3/c1-5-13(6-2,17-4)11-15-10(19-16-11)7-18-12(3)8-14-9-12/h14H,5-9H2,1-4H3. The van der Waals surface area contributed by atoms with Gasteiger partial charge in [-0.3, -0.25) is 0 Å². The summed E-state index contributed by atoms with van der Waals surface area (Å²) in [6.45, 7) is 8.25. The molecule has 0 radical (unpaired) electrons. The summed E-state index contributed by atoms with van der Waals surface area (Å²) in [5.41, 5.74) is -0.563. The Morgan fingerprint density at radius 1 is 1.37 bits per heavy atom. The molecule has 2 rings (SSSR count). The number of rotatable bonds is 7. The summed E-state index contributed by atoms with van der Waals surface area (Å²) in [5.74, 6) is 1.11. The van der Waals surface area contributed by atoms with Crippen LogP contribution in [0.2, 0.25) is 0 Å². The molecule has 1 aromatic rings. The zero-order valence-corrected chi connectivity index (χ0v) is 12.2. The van der Waals surface area contributed by atoms with Gasteiger partial charge in [0.05, 0.1) is 5.60 Å². The predicted octanol–water partition coefficient (Wildman–Crippen LogP) is 1.61. The van der Waals surface area contributed by atoms with Gasteiger partial charge in [-0.25, -0.2) is 0 Å². The molecule has 2 heterocycles. The third-order valence-electron chi connectivity index (χ3n) is 3.95. The summed E-state index contributed by atoms with van der Waals surface area (Å²) in [4.78, 5) is 4.41. The van der Waals surface area contributed by atoms with Crippen LogP contribution in [0.4, 0.5) is 0 Å². The van der Waals surface area contributed by atoms with Crippen LogP contribution in [0.15, 0.2) is 4.52 Å². The van der Waals surface area contributed by atoms with E-state index in [1.807, 2.05) is 0 Å². The molecule has 0 amide bonds. The molecule has 108 valence electrons. The number of nitrogens with zero attached hydrogens (tertiary/aromatic N) is 2. The first kappa shape index (κ1) is 14.4. The molecule has 1 fully saturated rings. The highest BCUT2D eigenvalue weighted by molar-refractivity contribution is 5.01. The van der Waals surface area contributed by atoms with Crippen molar-refractivity contribution in [2.45, 2.75) is 51.4 Å². The fourth-order valence-corrected chi connectivity index (χ4v) is 2.26. The first-order chi connectivity index (χ1) is 9.07. The van der Waals surface area contributed by atoms with E-state index in [0.717, 1.165) is 25.9 Å². The third-order valence-corrected chi connectivity index (χ3v) is 3.95. The summed E-state index contributed by atoms with van der Waals surface area (Å²) < 4.78 is 16.6. The molecule has 0 aromatic carbocycles. The largest absolute Gasteiger partial charge is 0.370 e. The fourth-order valence-electron chi connectivity index (χ4n) is 2.26. The average molecular weight is 269 g/mol. The Hall–Kier alpha value is -0.980. The van der Waals surface area contributed by atoms with E-state index in [1.165, 1.54) is 0 Å². The van der Waals surface area contributed by atoms with E-state index >= 15 is 0 Å². The van der Waals surface area contributed by atoms with E-state index < -0.39 is 5.60 Å². The Bertz CT molecular complexity index is 403. The van der Waals surface area contributed by atoms with Gasteiger partial charge in [0, 0.05) is 20.2 Å². The lowest BCUT2D eigenvalue weighted by Crippen LogP contribution is -2.58. The van der Waals surface area contributed by atoms with Gasteiger partial charge < -0.3 is 19.3 Å². The van der Waals surface area contributed by atoms with Gasteiger partial charge in [-0.15, -0.1) is 0 Å². The summed E-state index contributed by atoms with van der Waals surface area (Å²) in [7, 11) is 1.68. The molecule has 1 aliphatic heterocycles. The van der Waals surface area contributed by atoms with Gasteiger partial charge in [-0.05, 0) is 19.8 Å². The maximum atomic E-state index is 5.78. The Morgan fingerprint density at radius 2 is 2.05 bits per heavy atom. The number of hydrogen-bond acceptors (Lipinski definition) is 6. The lowest BCUT2D eigenvalue weighted by atomic mass is 9.96. The lowest BCUT2D eigenvalue weighted by molar-refractivity contribution is -0.0841. The summed E-state index contributed by atoms with van der Waals surface area (Å²) >= 11 is 0. The Labute approximate surface area is 113 Å². The van der Waals surface area contributed by atoms with E-state index in [-0.39, 0.29) is 5.60 Å². The monoisotopic (exact) mass is 269 g/mol. The summed E-state index contributed by atoms with van der Waals surface area (Å²) in [6, 6.07) is 0. The number of ether oxygens (including phenoxy) is 2. The van der Waals surface area contributed by atoms with Crippen LogP contribution in [0.5, 0.6) is 0 Å². The second kappa shape index (κ2) is 5.56. The van der Waals surface area contributed by atoms with Gasteiger partial charge in [-0.1, -0.05) is 19.0 Å². The molecule has 19 heavy (non-hydrogen) atoms. The SMILES string of the molecule is CCC(CC)(OC)c1noc(COC2(C)CNC2)n1. The second-order valence-corrected chi connectivity index (χ2v) is 5.26. The van der Waals surface area contributed by atoms with Crippen LogP contribution in [0.1, 0.15) is 45.3 Å². The van der Waals surface area contributed by atoms with Crippen LogP contribution in [0.3, 0.4) is 0 Å². The van der Waals surface area contributed by atoms with Gasteiger partial charge in [0.15, 0.2) is 0 Å². The van der Waals surface area contributed by atoms with Crippen molar-refractivity contribution in [2.24, 2.45) is 0 Å². The lowest BCUT2D eigenvalue weighted by Gasteiger charge is -2.38. The molecule has 0 saturated carbocycles. The van der Waals surface area contributed by atoms with Crippen molar-refractivity contribution in [1.29, 1.82) is 0 Å². The van der Waals surface area contributed by atoms with Crippen molar-refractivity contribution >= 4 is 0 Å². The summed E-state index contributed by atoms with van der Waals surface area (Å²) in [5, 5.41) is 7.22. The van der Waals surface area contributed by atoms with Crippen molar-refractivity contribution in [3.8, 4) is 0 Å². The zero-order chi connectivity index (χ0) is 13.9. The third kappa shape index (κ3) is 2.80. The molecule has 0 atom stereocenters. The molecule has 6 nitrogen and oxygen atoms in total. The topological polar surface area (TPSA) is 69.4 Å². The quantitative estimate of drug-likeness (QED) is 0.811. The maximum Gasteiger partial charge on any atom is 0.252 e. The van der Waals surface area contributed by atoms with E-state index in [9.17, 15) is 0 Å². The highest BCUT2D eigenvalue weighted by Gasteiger charge is 2.35. The van der Waals surface area contributed by atoms with Crippen molar-refractivity contribution in [3.05, 3.63) is 11.7 Å². The Kier molecular flexibility index (Phi) is 4.23. The van der Waals surface area contributed by atoms with Crippen molar-refractivity contribution in [2.75, 3.05) is 20.2 Å². The molecule has 1 N–H and O–H groups in total. The Balaban J connectivity index is 2.01. The molecule has 0 aliphatic carbocycles. The number of hydrogen-bond donors (Lipinski definition) is 1. The minimum Gasteiger partial charge on any atom is -0.370 e. The molecular weight excluding hydrogens is 246 g/mol. The Morgan fingerprint density at radius 3 is 2.53 bits per heavy atom. The number of aromatic nitrogens is 2. The maximum absolute atomic E-state index is 5.78. The molecule has 0 spiro atoms. The van der Waals surface area contributed by atoms with Gasteiger partial charge >= 0.3 is 0 Å². The van der Waals surface area contributed by atoms with E-state index in [0.29, 0.717) is 18.3 Å². The summed E-state index contributed by atoms with van der Waals surface area (Å²) in [6.07, 6.45) is 1.61. The van der Waals surface area contributed by atoms with Gasteiger partial charge in [0.2, 0.25) is 5.82 Å². The van der Waals surface area contributed by atoms with Crippen LogP contribution in [0, 0.1) is 0 Å². The molecule has 0 bridgehead atoms. The van der Waals surface area contributed by atoms with Crippen molar-refractivity contribution in [1.82, 2.24) is 15.5 Å². The highest BCUT2D eigenvalue weighted by Crippen LogP contribution is 2.30. The van der Waals surface area contributed by atoms with Crippen LogP contribution in [-0.4, -0.2) is 35.9 Å². The van der Waals surface area contributed by atoms with Gasteiger partial charge in [0.25, 0.3) is 5.89 Å². The normalized spacial score (nSPS) is 18.3. The zero-order valence-electron chi connectivity index (χ0n) is 12.2. The fraction of sp³-hybridized carbons (Fsp3) is 0.846. The predicted molar refractivity (Wildman–Crippen MR) is 69.6 cm³/mol. The van der Waals surface area contributed by atoms with Crippen LogP contribution in [-0.2, 0) is 21.7 Å². The van der Waals surface area contributed by atoms with E-state index in [1.54, 1.807) is 7.11 Å². The molecule has 1 aromatic heterocycles. The van der Waals surface area contributed by atoms with Crippen molar-refractivity contribution in [3.63, 3.8) is 0 Å². The minimum atomic E-state index is -0.455. The molecule has 0 unspecified atom stereocenters. The van der Waals surface area contributed by atoms with Crippen LogP contribution >= 0.6 is 0 Å². The first-order valence-corrected chi connectivity index (χ1v) is 6.80. The number of methoxy groups -OCH3 is 1. The van der Waals surface area contributed by atoms with Crippen molar-refractivity contribution < 1.29 is 14.0 Å². The molecule has 1 aliphatic rings. The van der Waals surface area contributed by atoms with Crippen LogP contribution < -0.4 is 5.32 Å². The van der Waals surface area contributed by atoms with E-state index in [2.05, 4.69) is 36.2 Å². The molecular formula is C13H23N3O3.